The predicted octanol–water partition coefficient (Wildman–Crippen LogP) is 1.63. The summed E-state index contributed by atoms with van der Waals surface area (Å²) < 4.78 is 5.48. The number of rotatable bonds is 6. The summed E-state index contributed by atoms with van der Waals surface area (Å²) in [6.07, 6.45) is 2.08. The molecule has 3 rings (SSSR count). The highest BCUT2D eigenvalue weighted by atomic mass is 32.2. The van der Waals surface area contributed by atoms with Crippen LogP contribution >= 0.6 is 23.1 Å². The summed E-state index contributed by atoms with van der Waals surface area (Å²) in [5.41, 5.74) is 0. The van der Waals surface area contributed by atoms with Crippen molar-refractivity contribution in [3.63, 3.8) is 0 Å². The van der Waals surface area contributed by atoms with Crippen molar-refractivity contribution in [3.8, 4) is 10.8 Å². The van der Waals surface area contributed by atoms with Crippen molar-refractivity contribution in [1.82, 2.24) is 20.4 Å². The number of carbonyl (C=O) groups is 2. The Kier molecular flexibility index (Phi) is 5.29. The van der Waals surface area contributed by atoms with Gasteiger partial charge in [0, 0.05) is 13.1 Å². The quantitative estimate of drug-likeness (QED) is 0.795. The Balaban J connectivity index is 1.41. The average molecular weight is 352 g/mol. The molecule has 0 bridgehead atoms. The maximum atomic E-state index is 11.8. The number of carbonyl (C=O) groups excluding carboxylic acids is 2. The second kappa shape index (κ2) is 7.60. The van der Waals surface area contributed by atoms with Crippen LogP contribution < -0.4 is 5.32 Å². The number of amides is 2. The smallest absolute Gasteiger partial charge is 0.277 e. The van der Waals surface area contributed by atoms with Crippen molar-refractivity contribution in [3.05, 3.63) is 17.5 Å². The summed E-state index contributed by atoms with van der Waals surface area (Å²) in [5.74, 6) is 0.337. The number of hydrogen-bond acceptors (Lipinski definition) is 7. The highest BCUT2D eigenvalue weighted by Crippen LogP contribution is 2.26. The monoisotopic (exact) mass is 352 g/mol. The van der Waals surface area contributed by atoms with Crippen LogP contribution in [0.15, 0.2) is 27.2 Å². The Bertz CT molecular complexity index is 665. The first-order valence-electron chi connectivity index (χ1n) is 7.27. The summed E-state index contributed by atoms with van der Waals surface area (Å²) in [7, 11) is 0. The Morgan fingerprint density at radius 1 is 1.35 bits per heavy atom. The lowest BCUT2D eigenvalue weighted by Crippen LogP contribution is -2.39. The number of likely N-dealkylation sites (tertiary alicyclic amines) is 1. The van der Waals surface area contributed by atoms with Gasteiger partial charge in [0.15, 0.2) is 0 Å². The minimum Gasteiger partial charge on any atom is -0.410 e. The Labute approximate surface area is 141 Å². The number of nitrogens with zero attached hydrogens (tertiary/aromatic N) is 3. The van der Waals surface area contributed by atoms with Crippen molar-refractivity contribution < 1.29 is 14.0 Å². The predicted molar refractivity (Wildman–Crippen MR) is 87.2 cm³/mol. The summed E-state index contributed by atoms with van der Waals surface area (Å²) in [6, 6.07) is 3.80. The average Bonchev–Trinajstić information content (AvgIpc) is 3.32. The molecule has 0 atom stereocenters. The van der Waals surface area contributed by atoms with Crippen LogP contribution in [0.25, 0.3) is 10.8 Å². The third-order valence-electron chi connectivity index (χ3n) is 3.36. The van der Waals surface area contributed by atoms with E-state index in [9.17, 15) is 9.59 Å². The first kappa shape index (κ1) is 16.0. The van der Waals surface area contributed by atoms with Gasteiger partial charge in [-0.15, -0.1) is 21.5 Å². The lowest BCUT2D eigenvalue weighted by molar-refractivity contribution is -0.131. The van der Waals surface area contributed by atoms with Gasteiger partial charge in [-0.05, 0) is 24.3 Å². The molecule has 23 heavy (non-hydrogen) atoms. The van der Waals surface area contributed by atoms with Gasteiger partial charge in [-0.1, -0.05) is 17.8 Å². The van der Waals surface area contributed by atoms with E-state index in [1.807, 2.05) is 17.5 Å². The molecule has 3 heterocycles. The van der Waals surface area contributed by atoms with E-state index in [-0.39, 0.29) is 24.1 Å². The fourth-order valence-electron chi connectivity index (χ4n) is 2.20. The van der Waals surface area contributed by atoms with Crippen molar-refractivity contribution in [2.75, 3.05) is 25.4 Å². The Morgan fingerprint density at radius 3 is 2.91 bits per heavy atom. The molecule has 7 nitrogen and oxygen atoms in total. The van der Waals surface area contributed by atoms with Crippen LogP contribution in [0.5, 0.6) is 0 Å². The zero-order valence-corrected chi connectivity index (χ0v) is 14.0. The largest absolute Gasteiger partial charge is 0.410 e. The molecule has 0 radical (unpaired) electrons. The van der Waals surface area contributed by atoms with Gasteiger partial charge in [0.2, 0.25) is 11.8 Å². The molecule has 0 unspecified atom stereocenters. The molecule has 1 aliphatic rings. The van der Waals surface area contributed by atoms with Crippen LogP contribution in [-0.4, -0.2) is 52.3 Å². The summed E-state index contributed by atoms with van der Waals surface area (Å²) in [6.45, 7) is 1.62. The van der Waals surface area contributed by atoms with Gasteiger partial charge in [0.05, 0.1) is 17.2 Å². The van der Waals surface area contributed by atoms with Gasteiger partial charge in [-0.2, -0.15) is 0 Å². The fraction of sp³-hybridized carbons (Fsp3) is 0.429. The van der Waals surface area contributed by atoms with Gasteiger partial charge >= 0.3 is 0 Å². The maximum Gasteiger partial charge on any atom is 0.277 e. The van der Waals surface area contributed by atoms with Crippen LogP contribution in [0.2, 0.25) is 0 Å². The molecule has 1 N–H and O–H groups in total. The minimum atomic E-state index is -0.224. The topological polar surface area (TPSA) is 88.3 Å². The van der Waals surface area contributed by atoms with E-state index in [1.165, 1.54) is 11.3 Å². The highest BCUT2D eigenvalue weighted by Gasteiger charge is 2.18. The van der Waals surface area contributed by atoms with E-state index in [2.05, 4.69) is 15.5 Å². The second-order valence-corrected chi connectivity index (χ2v) is 6.88. The van der Waals surface area contributed by atoms with E-state index < -0.39 is 0 Å². The number of thioether (sulfide) groups is 1. The molecule has 0 aliphatic carbocycles. The van der Waals surface area contributed by atoms with Gasteiger partial charge in [0.1, 0.15) is 0 Å². The van der Waals surface area contributed by atoms with Crippen LogP contribution in [0.3, 0.4) is 0 Å². The van der Waals surface area contributed by atoms with Gasteiger partial charge in [-0.25, -0.2) is 0 Å². The van der Waals surface area contributed by atoms with Crippen LogP contribution in [0.1, 0.15) is 12.8 Å². The van der Waals surface area contributed by atoms with E-state index in [0.717, 1.165) is 42.6 Å². The first-order chi connectivity index (χ1) is 11.2. The van der Waals surface area contributed by atoms with Gasteiger partial charge in [-0.3, -0.25) is 9.59 Å². The summed E-state index contributed by atoms with van der Waals surface area (Å²) >= 11 is 2.67. The van der Waals surface area contributed by atoms with E-state index in [4.69, 9.17) is 4.42 Å². The van der Waals surface area contributed by atoms with Crippen molar-refractivity contribution in [2.45, 2.75) is 18.1 Å². The fourth-order valence-corrected chi connectivity index (χ4v) is 3.44. The Hall–Kier alpha value is -1.87. The third kappa shape index (κ3) is 4.32. The molecule has 1 fully saturated rings. The summed E-state index contributed by atoms with van der Waals surface area (Å²) in [5, 5.41) is 12.7. The van der Waals surface area contributed by atoms with E-state index in [1.54, 1.807) is 4.90 Å². The molecule has 1 aliphatic heterocycles. The molecule has 9 heteroatoms. The standard InChI is InChI=1S/C14H16N4O3S2/c19-11(15-8-12(20)18-5-1-2-6-18)9-23-14-17-16-13(21-14)10-4-3-7-22-10/h3-4,7H,1-2,5-6,8-9H2,(H,15,19). The zero-order chi connectivity index (χ0) is 16.1. The van der Waals surface area contributed by atoms with Crippen molar-refractivity contribution in [2.24, 2.45) is 0 Å². The van der Waals surface area contributed by atoms with E-state index >= 15 is 0 Å². The van der Waals surface area contributed by atoms with E-state index in [0.29, 0.717) is 11.1 Å². The minimum absolute atomic E-state index is 0.0291. The zero-order valence-electron chi connectivity index (χ0n) is 12.4. The molecule has 1 saturated heterocycles. The van der Waals surface area contributed by atoms with Crippen LogP contribution in [0, 0.1) is 0 Å². The normalized spacial score (nSPS) is 14.2. The molecular formula is C14H16N4O3S2. The Morgan fingerprint density at radius 2 is 2.17 bits per heavy atom. The third-order valence-corrected chi connectivity index (χ3v) is 5.04. The lowest BCUT2D eigenvalue weighted by Gasteiger charge is -2.15. The molecule has 0 aromatic carbocycles. The molecule has 2 aromatic rings. The molecular weight excluding hydrogens is 336 g/mol. The number of hydrogen-bond donors (Lipinski definition) is 1. The number of nitrogens with one attached hydrogen (secondary N) is 1. The molecule has 2 aromatic heterocycles. The molecule has 2 amide bonds. The van der Waals surface area contributed by atoms with Crippen LogP contribution in [-0.2, 0) is 9.59 Å². The first-order valence-corrected chi connectivity index (χ1v) is 9.13. The lowest BCUT2D eigenvalue weighted by atomic mass is 10.4. The second-order valence-electron chi connectivity index (χ2n) is 5.00. The molecule has 122 valence electrons. The van der Waals surface area contributed by atoms with Gasteiger partial charge in [0.25, 0.3) is 11.1 Å². The van der Waals surface area contributed by atoms with Gasteiger partial charge < -0.3 is 14.6 Å². The van der Waals surface area contributed by atoms with Crippen LogP contribution in [0.4, 0.5) is 0 Å². The van der Waals surface area contributed by atoms with Crippen molar-refractivity contribution >= 4 is 34.9 Å². The highest BCUT2D eigenvalue weighted by molar-refractivity contribution is 7.99. The SMILES string of the molecule is O=C(CSc1nnc(-c2cccs2)o1)NCC(=O)N1CCCC1. The molecule has 0 saturated carbocycles. The molecule has 0 spiro atoms. The van der Waals surface area contributed by atoms with Crippen molar-refractivity contribution in [1.29, 1.82) is 0 Å². The number of thiophene rings is 1. The summed E-state index contributed by atoms with van der Waals surface area (Å²) in [4.78, 5) is 26.3. The number of aromatic nitrogens is 2. The maximum absolute atomic E-state index is 11.8.